The van der Waals surface area contributed by atoms with Crippen molar-refractivity contribution in [3.63, 3.8) is 0 Å². The summed E-state index contributed by atoms with van der Waals surface area (Å²) >= 11 is 0. The molecule has 10 rings (SSSR count). The SMILES string of the molecule is CC1(C)c2cc(-c3ccc4ccccc4c3)ccc2-c2ccc(N(c3ccccc3-c3ccccc3)c3cc4ccccc4c4ccccc34)cc21. The van der Waals surface area contributed by atoms with Gasteiger partial charge in [-0.05, 0) is 102 Å². The molecule has 0 aromatic heterocycles. The van der Waals surface area contributed by atoms with Crippen molar-refractivity contribution in [2.75, 3.05) is 4.90 Å². The summed E-state index contributed by atoms with van der Waals surface area (Å²) in [4.78, 5) is 2.50. The van der Waals surface area contributed by atoms with Gasteiger partial charge >= 0.3 is 0 Å². The van der Waals surface area contributed by atoms with Crippen LogP contribution in [0, 0.1) is 0 Å². The molecule has 0 radical (unpaired) electrons. The van der Waals surface area contributed by atoms with Crippen molar-refractivity contribution in [3.8, 4) is 33.4 Å². The molecule has 0 spiro atoms. The highest BCUT2D eigenvalue weighted by atomic mass is 15.1. The second kappa shape index (κ2) is 11.8. The Hall–Kier alpha value is -6.44. The molecule has 1 aliphatic carbocycles. The van der Waals surface area contributed by atoms with Crippen LogP contribution in [0.3, 0.4) is 0 Å². The third-order valence-corrected chi connectivity index (χ3v) is 11.2. The molecule has 9 aromatic rings. The number of anilines is 3. The van der Waals surface area contributed by atoms with E-state index in [2.05, 4.69) is 207 Å². The van der Waals surface area contributed by atoms with E-state index < -0.39 is 0 Å². The molecule has 0 aliphatic heterocycles. The molecular weight excluding hydrogens is 627 g/mol. The van der Waals surface area contributed by atoms with E-state index in [9.17, 15) is 0 Å². The highest BCUT2D eigenvalue weighted by Crippen LogP contribution is 2.53. The van der Waals surface area contributed by atoms with Gasteiger partial charge in [-0.25, -0.2) is 0 Å². The van der Waals surface area contributed by atoms with E-state index in [1.165, 1.54) is 82.5 Å². The van der Waals surface area contributed by atoms with Crippen molar-refractivity contribution in [1.29, 1.82) is 0 Å². The maximum atomic E-state index is 2.50. The Labute approximate surface area is 305 Å². The summed E-state index contributed by atoms with van der Waals surface area (Å²) < 4.78 is 0. The molecule has 1 heteroatoms. The zero-order valence-electron chi connectivity index (χ0n) is 29.3. The van der Waals surface area contributed by atoms with Gasteiger partial charge in [0.2, 0.25) is 0 Å². The van der Waals surface area contributed by atoms with Crippen LogP contribution in [-0.4, -0.2) is 0 Å². The minimum atomic E-state index is -0.191. The smallest absolute Gasteiger partial charge is 0.0546 e. The molecule has 0 amide bonds. The lowest BCUT2D eigenvalue weighted by molar-refractivity contribution is 0.660. The molecule has 0 unspecified atom stereocenters. The minimum Gasteiger partial charge on any atom is -0.309 e. The first-order valence-corrected chi connectivity index (χ1v) is 18.2. The van der Waals surface area contributed by atoms with Crippen LogP contribution in [0.25, 0.3) is 65.7 Å². The Morgan fingerprint density at radius 2 is 0.942 bits per heavy atom. The Balaban J connectivity index is 1.17. The van der Waals surface area contributed by atoms with E-state index in [1.807, 2.05) is 0 Å². The van der Waals surface area contributed by atoms with Gasteiger partial charge in [-0.3, -0.25) is 0 Å². The van der Waals surface area contributed by atoms with E-state index >= 15 is 0 Å². The van der Waals surface area contributed by atoms with Crippen LogP contribution in [0.15, 0.2) is 188 Å². The molecule has 1 nitrogen and oxygen atoms in total. The van der Waals surface area contributed by atoms with Gasteiger partial charge in [0.05, 0.1) is 11.4 Å². The molecule has 0 saturated carbocycles. The number of nitrogens with zero attached hydrogens (tertiary/aromatic N) is 1. The van der Waals surface area contributed by atoms with E-state index in [1.54, 1.807) is 0 Å². The third kappa shape index (κ3) is 4.77. The molecule has 0 saturated heterocycles. The van der Waals surface area contributed by atoms with Crippen LogP contribution in [0.2, 0.25) is 0 Å². The fourth-order valence-electron chi connectivity index (χ4n) is 8.57. The van der Waals surface area contributed by atoms with Crippen molar-refractivity contribution in [2.45, 2.75) is 19.3 Å². The van der Waals surface area contributed by atoms with Crippen LogP contribution in [-0.2, 0) is 5.41 Å². The van der Waals surface area contributed by atoms with Gasteiger partial charge in [0.1, 0.15) is 0 Å². The first-order valence-electron chi connectivity index (χ1n) is 18.2. The fourth-order valence-corrected chi connectivity index (χ4v) is 8.57. The first-order chi connectivity index (χ1) is 25.5. The highest BCUT2D eigenvalue weighted by Gasteiger charge is 2.36. The van der Waals surface area contributed by atoms with Crippen LogP contribution in [0.1, 0.15) is 25.0 Å². The van der Waals surface area contributed by atoms with Crippen molar-refractivity contribution < 1.29 is 0 Å². The lowest BCUT2D eigenvalue weighted by atomic mass is 9.81. The molecule has 52 heavy (non-hydrogen) atoms. The van der Waals surface area contributed by atoms with Gasteiger partial charge < -0.3 is 4.90 Å². The van der Waals surface area contributed by atoms with Gasteiger partial charge in [0.25, 0.3) is 0 Å². The normalized spacial score (nSPS) is 13.0. The van der Waals surface area contributed by atoms with Crippen LogP contribution in [0.5, 0.6) is 0 Å². The first kappa shape index (κ1) is 30.4. The van der Waals surface area contributed by atoms with E-state index in [4.69, 9.17) is 0 Å². The maximum absolute atomic E-state index is 2.50. The van der Waals surface area contributed by atoms with Crippen molar-refractivity contribution >= 4 is 49.4 Å². The van der Waals surface area contributed by atoms with Crippen molar-refractivity contribution in [2.24, 2.45) is 0 Å². The molecule has 9 aromatic carbocycles. The topological polar surface area (TPSA) is 3.24 Å². The minimum absolute atomic E-state index is 0.191. The van der Waals surface area contributed by atoms with Gasteiger partial charge in [0.15, 0.2) is 0 Å². The van der Waals surface area contributed by atoms with Gasteiger partial charge in [-0.15, -0.1) is 0 Å². The monoisotopic (exact) mass is 663 g/mol. The maximum Gasteiger partial charge on any atom is 0.0546 e. The molecule has 0 bridgehead atoms. The second-order valence-corrected chi connectivity index (χ2v) is 14.6. The average molecular weight is 664 g/mol. The Kier molecular flexibility index (Phi) is 6.91. The molecule has 246 valence electrons. The van der Waals surface area contributed by atoms with E-state index in [-0.39, 0.29) is 5.41 Å². The lowest BCUT2D eigenvalue weighted by Crippen LogP contribution is -2.17. The van der Waals surface area contributed by atoms with Gasteiger partial charge in [-0.1, -0.05) is 166 Å². The lowest BCUT2D eigenvalue weighted by Gasteiger charge is -2.31. The Bertz CT molecular complexity index is 2830. The van der Waals surface area contributed by atoms with Crippen molar-refractivity contribution in [1.82, 2.24) is 0 Å². The van der Waals surface area contributed by atoms with E-state index in [0.717, 1.165) is 11.4 Å². The summed E-state index contributed by atoms with van der Waals surface area (Å²) in [5, 5.41) is 7.52. The number of benzene rings is 9. The third-order valence-electron chi connectivity index (χ3n) is 11.2. The quantitative estimate of drug-likeness (QED) is 0.166. The van der Waals surface area contributed by atoms with Crippen LogP contribution in [0.4, 0.5) is 17.1 Å². The predicted octanol–water partition coefficient (Wildman–Crippen LogP) is 14.3. The standard InChI is InChI=1S/C51H37N/c1-51(2)47-31-38(37-25-24-34-14-6-7-17-36(34)30-37)26-28-44(47)45-29-27-40(33-48(45)51)52(49-23-13-12-20-42(49)35-15-4-3-5-16-35)50-32-39-18-8-9-19-41(39)43-21-10-11-22-46(43)50/h3-33H,1-2H3. The summed E-state index contributed by atoms with van der Waals surface area (Å²) in [7, 11) is 0. The fraction of sp³-hybridized carbons (Fsp3) is 0.0588. The zero-order chi connectivity index (χ0) is 34.8. The number of fused-ring (bicyclic) bond motifs is 7. The summed E-state index contributed by atoms with van der Waals surface area (Å²) in [6.45, 7) is 4.78. The summed E-state index contributed by atoms with van der Waals surface area (Å²) in [5.74, 6) is 0. The van der Waals surface area contributed by atoms with Gasteiger partial charge in [-0.2, -0.15) is 0 Å². The number of hydrogen-bond donors (Lipinski definition) is 0. The van der Waals surface area contributed by atoms with Gasteiger partial charge in [0, 0.05) is 22.1 Å². The molecule has 0 atom stereocenters. The molecular formula is C51H37N. The van der Waals surface area contributed by atoms with Crippen LogP contribution < -0.4 is 4.90 Å². The summed E-state index contributed by atoms with van der Waals surface area (Å²) in [5.41, 5.74) is 13.5. The molecule has 0 fully saturated rings. The van der Waals surface area contributed by atoms with Crippen molar-refractivity contribution in [3.05, 3.63) is 199 Å². The number of hydrogen-bond acceptors (Lipinski definition) is 1. The Morgan fingerprint density at radius 1 is 0.346 bits per heavy atom. The predicted molar refractivity (Wildman–Crippen MR) is 222 cm³/mol. The molecule has 0 N–H and O–H groups in total. The number of rotatable bonds is 5. The summed E-state index contributed by atoms with van der Waals surface area (Å²) in [6.07, 6.45) is 0. The molecule has 0 heterocycles. The largest absolute Gasteiger partial charge is 0.309 e. The highest BCUT2D eigenvalue weighted by molar-refractivity contribution is 6.15. The van der Waals surface area contributed by atoms with Crippen LogP contribution >= 0.6 is 0 Å². The summed E-state index contributed by atoms with van der Waals surface area (Å²) in [6, 6.07) is 69.2. The Morgan fingerprint density at radius 3 is 1.77 bits per heavy atom. The van der Waals surface area contributed by atoms with E-state index in [0.29, 0.717) is 0 Å². The number of para-hydroxylation sites is 1. The zero-order valence-corrected chi connectivity index (χ0v) is 29.3. The second-order valence-electron chi connectivity index (χ2n) is 14.6. The molecule has 1 aliphatic rings. The average Bonchev–Trinajstić information content (AvgIpc) is 3.43.